The van der Waals surface area contributed by atoms with E-state index in [1.54, 1.807) is 13.0 Å². The topological polar surface area (TPSA) is 26.0 Å². The van der Waals surface area contributed by atoms with E-state index in [1.807, 2.05) is 0 Å². The molecule has 2 rings (SSSR count). The SMILES string of the molecule is [B]c1cc(F)c2nc(C)oc2c1. The molecule has 0 fully saturated rings. The van der Waals surface area contributed by atoms with E-state index in [-0.39, 0.29) is 5.52 Å². The summed E-state index contributed by atoms with van der Waals surface area (Å²) in [6, 6.07) is 2.78. The van der Waals surface area contributed by atoms with Gasteiger partial charge in [-0.25, -0.2) is 9.37 Å². The normalized spacial score (nSPS) is 10.8. The van der Waals surface area contributed by atoms with Crippen LogP contribution in [0.3, 0.4) is 0 Å². The molecule has 4 heteroatoms. The monoisotopic (exact) mass is 161 g/mol. The number of fused-ring (bicyclic) bond motifs is 1. The van der Waals surface area contributed by atoms with Crippen molar-refractivity contribution < 1.29 is 8.81 Å². The Morgan fingerprint density at radius 2 is 2.25 bits per heavy atom. The lowest BCUT2D eigenvalue weighted by atomic mass is 9.96. The van der Waals surface area contributed by atoms with Crippen molar-refractivity contribution in [3.05, 3.63) is 23.8 Å². The van der Waals surface area contributed by atoms with E-state index in [1.165, 1.54) is 6.07 Å². The average molecular weight is 161 g/mol. The zero-order valence-electron chi connectivity index (χ0n) is 6.47. The summed E-state index contributed by atoms with van der Waals surface area (Å²) < 4.78 is 18.2. The van der Waals surface area contributed by atoms with Crippen LogP contribution in [-0.2, 0) is 0 Å². The molecule has 0 saturated carbocycles. The van der Waals surface area contributed by atoms with E-state index >= 15 is 0 Å². The number of oxazole rings is 1. The van der Waals surface area contributed by atoms with Crippen LogP contribution in [0.4, 0.5) is 4.39 Å². The maximum Gasteiger partial charge on any atom is 0.192 e. The summed E-state index contributed by atoms with van der Waals surface area (Å²) in [7, 11) is 5.41. The van der Waals surface area contributed by atoms with Crippen LogP contribution >= 0.6 is 0 Å². The van der Waals surface area contributed by atoms with Crippen LogP contribution in [0.5, 0.6) is 0 Å². The highest BCUT2D eigenvalue weighted by atomic mass is 19.1. The summed E-state index contributed by atoms with van der Waals surface area (Å²) in [5, 5.41) is 0. The average Bonchev–Trinajstić information content (AvgIpc) is 2.29. The molecule has 2 radical (unpaired) electrons. The Labute approximate surface area is 69.8 Å². The molecule has 1 aromatic carbocycles. The van der Waals surface area contributed by atoms with E-state index in [4.69, 9.17) is 12.3 Å². The molecular weight excluding hydrogens is 156 g/mol. The van der Waals surface area contributed by atoms with Crippen molar-refractivity contribution in [1.82, 2.24) is 4.98 Å². The second-order valence-electron chi connectivity index (χ2n) is 2.58. The number of aryl methyl sites for hydroxylation is 1. The van der Waals surface area contributed by atoms with Crippen LogP contribution in [0.2, 0.25) is 0 Å². The summed E-state index contributed by atoms with van der Waals surface area (Å²) in [5.74, 6) is -0.00338. The molecule has 0 saturated heterocycles. The van der Waals surface area contributed by atoms with Gasteiger partial charge in [0, 0.05) is 6.92 Å². The highest BCUT2D eigenvalue weighted by Gasteiger charge is 2.07. The van der Waals surface area contributed by atoms with Gasteiger partial charge in [-0.1, -0.05) is 5.46 Å². The molecule has 0 atom stereocenters. The fourth-order valence-electron chi connectivity index (χ4n) is 1.12. The maximum atomic E-state index is 13.1. The maximum absolute atomic E-state index is 13.1. The number of hydrogen-bond donors (Lipinski definition) is 0. The summed E-state index contributed by atoms with van der Waals surface area (Å²) in [4.78, 5) is 3.86. The van der Waals surface area contributed by atoms with Gasteiger partial charge < -0.3 is 4.42 Å². The van der Waals surface area contributed by atoms with Crippen LogP contribution in [0.1, 0.15) is 5.89 Å². The van der Waals surface area contributed by atoms with Gasteiger partial charge in [-0.05, 0) is 12.1 Å². The highest BCUT2D eigenvalue weighted by molar-refractivity contribution is 6.33. The van der Waals surface area contributed by atoms with Crippen LogP contribution in [0.25, 0.3) is 11.1 Å². The Balaban J connectivity index is 2.88. The zero-order chi connectivity index (χ0) is 8.72. The van der Waals surface area contributed by atoms with E-state index in [9.17, 15) is 4.39 Å². The number of aromatic nitrogens is 1. The molecule has 0 N–H and O–H groups in total. The van der Waals surface area contributed by atoms with Gasteiger partial charge in [-0.2, -0.15) is 0 Å². The molecule has 2 nitrogen and oxygen atoms in total. The molecule has 1 heterocycles. The van der Waals surface area contributed by atoms with Gasteiger partial charge in [0.25, 0.3) is 0 Å². The van der Waals surface area contributed by atoms with Crippen molar-refractivity contribution in [2.75, 3.05) is 0 Å². The number of nitrogens with zero attached hydrogens (tertiary/aromatic N) is 1. The number of halogens is 1. The van der Waals surface area contributed by atoms with E-state index in [0.717, 1.165) is 0 Å². The Kier molecular flexibility index (Phi) is 1.43. The minimum absolute atomic E-state index is 0.238. The summed E-state index contributed by atoms with van der Waals surface area (Å²) in [6.07, 6.45) is 0. The third-order valence-corrected chi connectivity index (χ3v) is 1.58. The van der Waals surface area contributed by atoms with Gasteiger partial charge in [0.15, 0.2) is 17.3 Å². The molecule has 0 spiro atoms. The predicted octanol–water partition coefficient (Wildman–Crippen LogP) is 1.07. The smallest absolute Gasteiger partial charge is 0.192 e. The van der Waals surface area contributed by atoms with Crippen molar-refractivity contribution in [2.45, 2.75) is 6.92 Å². The largest absolute Gasteiger partial charge is 0.441 e. The van der Waals surface area contributed by atoms with Gasteiger partial charge in [-0.15, -0.1) is 0 Å². The Hall–Kier alpha value is -1.32. The molecule has 0 aliphatic rings. The number of benzene rings is 1. The van der Waals surface area contributed by atoms with Crippen LogP contribution in [-0.4, -0.2) is 12.8 Å². The summed E-state index contributed by atoms with van der Waals surface area (Å²) in [5.41, 5.74) is 0.975. The first-order chi connectivity index (χ1) is 5.66. The molecule has 1 aromatic heterocycles. The van der Waals surface area contributed by atoms with Gasteiger partial charge in [-0.3, -0.25) is 0 Å². The van der Waals surface area contributed by atoms with Crippen molar-refractivity contribution >= 4 is 24.4 Å². The van der Waals surface area contributed by atoms with Gasteiger partial charge in [0.05, 0.1) is 0 Å². The zero-order valence-corrected chi connectivity index (χ0v) is 6.47. The number of hydrogen-bond acceptors (Lipinski definition) is 2. The lowest BCUT2D eigenvalue weighted by molar-refractivity contribution is 0.561. The Bertz CT molecular complexity index is 438. The number of rotatable bonds is 0. The quantitative estimate of drug-likeness (QED) is 0.540. The molecule has 0 aliphatic carbocycles. The van der Waals surface area contributed by atoms with Crippen molar-refractivity contribution in [2.24, 2.45) is 0 Å². The predicted molar refractivity (Wildman–Crippen MR) is 44.1 cm³/mol. The lowest BCUT2D eigenvalue weighted by Crippen LogP contribution is -2.01. The second-order valence-corrected chi connectivity index (χ2v) is 2.58. The molecule has 0 unspecified atom stereocenters. The van der Waals surface area contributed by atoms with E-state index in [2.05, 4.69) is 4.98 Å². The van der Waals surface area contributed by atoms with Gasteiger partial charge in [0.1, 0.15) is 13.4 Å². The lowest BCUT2D eigenvalue weighted by Gasteiger charge is -1.92. The van der Waals surface area contributed by atoms with E-state index < -0.39 is 5.82 Å². The molecular formula is C8H5BFNO. The summed E-state index contributed by atoms with van der Waals surface area (Å²) in [6.45, 7) is 1.66. The van der Waals surface area contributed by atoms with Crippen molar-refractivity contribution in [1.29, 1.82) is 0 Å². The standard InChI is InChI=1S/C8H5BFNO/c1-4-11-8-6(10)2-5(9)3-7(8)12-4/h2-3H,1H3. The second kappa shape index (κ2) is 2.34. The third kappa shape index (κ3) is 0.997. The molecule has 2 aromatic rings. The van der Waals surface area contributed by atoms with E-state index in [0.29, 0.717) is 16.9 Å². The molecule has 0 bridgehead atoms. The van der Waals surface area contributed by atoms with Crippen LogP contribution in [0.15, 0.2) is 16.5 Å². The van der Waals surface area contributed by atoms with Gasteiger partial charge in [0.2, 0.25) is 0 Å². The van der Waals surface area contributed by atoms with Crippen LogP contribution < -0.4 is 5.46 Å². The Morgan fingerprint density at radius 3 is 3.00 bits per heavy atom. The molecule has 0 amide bonds. The first-order valence-corrected chi connectivity index (χ1v) is 3.49. The van der Waals surface area contributed by atoms with Crippen molar-refractivity contribution in [3.8, 4) is 0 Å². The van der Waals surface area contributed by atoms with Crippen molar-refractivity contribution in [3.63, 3.8) is 0 Å². The summed E-state index contributed by atoms with van der Waals surface area (Å²) >= 11 is 0. The molecule has 0 aliphatic heterocycles. The first-order valence-electron chi connectivity index (χ1n) is 3.49. The molecule has 58 valence electrons. The fourth-order valence-corrected chi connectivity index (χ4v) is 1.12. The van der Waals surface area contributed by atoms with Gasteiger partial charge >= 0.3 is 0 Å². The Morgan fingerprint density at radius 1 is 1.50 bits per heavy atom. The minimum Gasteiger partial charge on any atom is -0.441 e. The fraction of sp³-hybridized carbons (Fsp3) is 0.125. The van der Waals surface area contributed by atoms with Crippen LogP contribution in [0, 0.1) is 12.7 Å². The third-order valence-electron chi connectivity index (χ3n) is 1.58. The highest BCUT2D eigenvalue weighted by Crippen LogP contribution is 2.16. The molecule has 12 heavy (non-hydrogen) atoms. The first kappa shape index (κ1) is 7.34. The minimum atomic E-state index is -0.443.